The van der Waals surface area contributed by atoms with Crippen molar-refractivity contribution >= 4 is 27.5 Å². The summed E-state index contributed by atoms with van der Waals surface area (Å²) < 4.78 is 38.7. The fourth-order valence-electron chi connectivity index (χ4n) is 2.59. The minimum Gasteiger partial charge on any atom is -0.409 e. The van der Waals surface area contributed by atoms with E-state index in [2.05, 4.69) is 21.1 Å². The Morgan fingerprint density at radius 3 is 2.06 bits per heavy atom. The number of carbonyl (C=O) groups excluding carboxylic acids is 1. The van der Waals surface area contributed by atoms with Gasteiger partial charge in [-0.05, 0) is 66.7 Å². The van der Waals surface area contributed by atoms with Crippen molar-refractivity contribution in [1.82, 2.24) is 0 Å². The Balaban J connectivity index is 1.86. The molecule has 0 unspecified atom stereocenters. The van der Waals surface area contributed by atoms with E-state index < -0.39 is 17.5 Å². The van der Waals surface area contributed by atoms with Crippen molar-refractivity contribution in [1.29, 1.82) is 0 Å². The maximum Gasteiger partial charge on any atom is 0.416 e. The lowest BCUT2D eigenvalue weighted by molar-refractivity contribution is -0.137. The standard InChI is InChI=1S/C21H14BrF3N2O4/c22-14-5-1-12(2-6-14)19(28)18-11-16(9-10-17(18)20(26)27-29)31-30-15-7-3-13(4-8-15)21(23,24)25/h1-11,29H,(H2,26,27). The van der Waals surface area contributed by atoms with Gasteiger partial charge in [0.25, 0.3) is 0 Å². The molecule has 3 aromatic carbocycles. The molecule has 6 nitrogen and oxygen atoms in total. The van der Waals surface area contributed by atoms with E-state index in [1.807, 2.05) is 0 Å². The molecule has 0 aliphatic rings. The molecule has 0 bridgehead atoms. The number of oxime groups is 1. The predicted molar refractivity (Wildman–Crippen MR) is 109 cm³/mol. The second-order valence-electron chi connectivity index (χ2n) is 6.22. The molecule has 160 valence electrons. The molecule has 3 N–H and O–H groups in total. The van der Waals surface area contributed by atoms with E-state index >= 15 is 0 Å². The van der Waals surface area contributed by atoms with E-state index in [4.69, 9.17) is 20.7 Å². The number of amidine groups is 1. The summed E-state index contributed by atoms with van der Waals surface area (Å²) in [4.78, 5) is 23.1. The van der Waals surface area contributed by atoms with Crippen LogP contribution in [-0.4, -0.2) is 16.8 Å². The van der Waals surface area contributed by atoms with Crippen molar-refractivity contribution in [2.24, 2.45) is 10.9 Å². The molecule has 0 aliphatic carbocycles. The van der Waals surface area contributed by atoms with Crippen LogP contribution in [0.25, 0.3) is 0 Å². The number of halogens is 4. The van der Waals surface area contributed by atoms with Crippen LogP contribution in [0.4, 0.5) is 13.2 Å². The summed E-state index contributed by atoms with van der Waals surface area (Å²) in [5, 5.41) is 11.9. The minimum absolute atomic E-state index is 0.0225. The number of benzene rings is 3. The van der Waals surface area contributed by atoms with Crippen LogP contribution in [0, 0.1) is 0 Å². The molecular weight excluding hydrogens is 481 g/mol. The van der Waals surface area contributed by atoms with Gasteiger partial charge in [0.05, 0.1) is 5.56 Å². The summed E-state index contributed by atoms with van der Waals surface area (Å²) in [6.07, 6.45) is -4.47. The Morgan fingerprint density at radius 2 is 1.48 bits per heavy atom. The van der Waals surface area contributed by atoms with Crippen LogP contribution >= 0.6 is 15.9 Å². The number of nitrogens with two attached hydrogens (primary N) is 1. The Kier molecular flexibility index (Phi) is 6.50. The van der Waals surface area contributed by atoms with Gasteiger partial charge < -0.3 is 10.9 Å². The maximum atomic E-state index is 12.9. The van der Waals surface area contributed by atoms with E-state index in [1.54, 1.807) is 24.3 Å². The lowest BCUT2D eigenvalue weighted by Crippen LogP contribution is -2.18. The quantitative estimate of drug-likeness (QED) is 0.123. The van der Waals surface area contributed by atoms with Gasteiger partial charge in [-0.2, -0.15) is 13.2 Å². The van der Waals surface area contributed by atoms with Gasteiger partial charge >= 0.3 is 6.18 Å². The number of nitrogens with zero attached hydrogens (tertiary/aromatic N) is 1. The van der Waals surface area contributed by atoms with Crippen LogP contribution in [0.2, 0.25) is 0 Å². The highest BCUT2D eigenvalue weighted by molar-refractivity contribution is 9.10. The monoisotopic (exact) mass is 494 g/mol. The van der Waals surface area contributed by atoms with Crippen LogP contribution in [0.3, 0.4) is 0 Å². The maximum absolute atomic E-state index is 12.9. The second-order valence-corrected chi connectivity index (χ2v) is 7.13. The van der Waals surface area contributed by atoms with Gasteiger partial charge in [-0.25, -0.2) is 0 Å². The number of hydrogen-bond acceptors (Lipinski definition) is 5. The van der Waals surface area contributed by atoms with Crippen LogP contribution in [0.1, 0.15) is 27.0 Å². The van der Waals surface area contributed by atoms with E-state index in [0.717, 1.165) is 28.7 Å². The lowest BCUT2D eigenvalue weighted by atomic mass is 9.97. The topological polar surface area (TPSA) is 94.1 Å². The van der Waals surface area contributed by atoms with Gasteiger partial charge in [0, 0.05) is 21.2 Å². The zero-order valence-corrected chi connectivity index (χ0v) is 17.1. The molecule has 0 amide bonds. The van der Waals surface area contributed by atoms with Crippen molar-refractivity contribution in [2.45, 2.75) is 6.18 Å². The van der Waals surface area contributed by atoms with E-state index in [9.17, 15) is 18.0 Å². The van der Waals surface area contributed by atoms with Crippen molar-refractivity contribution in [3.63, 3.8) is 0 Å². The highest BCUT2D eigenvalue weighted by Crippen LogP contribution is 2.30. The molecule has 0 aromatic heterocycles. The Hall–Kier alpha value is -3.53. The average molecular weight is 495 g/mol. The Bertz CT molecular complexity index is 1110. The zero-order chi connectivity index (χ0) is 22.6. The third kappa shape index (κ3) is 5.34. The predicted octanol–water partition coefficient (Wildman–Crippen LogP) is 5.17. The molecule has 3 rings (SSSR count). The molecule has 0 aliphatic heterocycles. The smallest absolute Gasteiger partial charge is 0.409 e. The molecule has 0 radical (unpaired) electrons. The summed E-state index contributed by atoms with van der Waals surface area (Å²) in [6.45, 7) is 0. The third-order valence-electron chi connectivity index (χ3n) is 4.14. The molecule has 31 heavy (non-hydrogen) atoms. The molecule has 0 saturated heterocycles. The summed E-state index contributed by atoms with van der Waals surface area (Å²) >= 11 is 3.29. The molecule has 10 heteroatoms. The SMILES string of the molecule is N/C(=N\O)c1ccc(OOc2ccc(C(F)(F)F)cc2)cc1C(=O)c1ccc(Br)cc1. The Morgan fingerprint density at radius 1 is 0.903 bits per heavy atom. The highest BCUT2D eigenvalue weighted by atomic mass is 79.9. The molecule has 0 fully saturated rings. The summed E-state index contributed by atoms with van der Waals surface area (Å²) in [5.41, 5.74) is 5.43. The molecule has 0 atom stereocenters. The molecule has 0 spiro atoms. The Labute approximate surface area is 182 Å². The number of ketones is 1. The van der Waals surface area contributed by atoms with Gasteiger partial charge in [-0.15, -0.1) is 0 Å². The first-order valence-electron chi connectivity index (χ1n) is 8.63. The number of carbonyl (C=O) groups is 1. The largest absolute Gasteiger partial charge is 0.416 e. The number of hydrogen-bond donors (Lipinski definition) is 2. The minimum atomic E-state index is -4.47. The van der Waals surface area contributed by atoms with Crippen molar-refractivity contribution < 1.29 is 32.9 Å². The first-order chi connectivity index (χ1) is 14.7. The normalized spacial score (nSPS) is 11.8. The van der Waals surface area contributed by atoms with E-state index in [0.29, 0.717) is 5.56 Å². The van der Waals surface area contributed by atoms with Crippen molar-refractivity contribution in [2.75, 3.05) is 0 Å². The third-order valence-corrected chi connectivity index (χ3v) is 4.67. The van der Waals surface area contributed by atoms with Gasteiger partial charge in [0.15, 0.2) is 23.1 Å². The zero-order valence-electron chi connectivity index (χ0n) is 15.6. The summed E-state index contributed by atoms with van der Waals surface area (Å²) in [5.74, 6) is -0.603. The van der Waals surface area contributed by atoms with Crippen molar-refractivity contribution in [3.05, 3.63) is 93.5 Å². The molecule has 0 heterocycles. The summed E-state index contributed by atoms with van der Waals surface area (Å²) in [6, 6.07) is 14.6. The van der Waals surface area contributed by atoms with Gasteiger partial charge in [-0.3, -0.25) is 14.6 Å². The van der Waals surface area contributed by atoms with E-state index in [-0.39, 0.29) is 28.5 Å². The second kappa shape index (κ2) is 9.09. The van der Waals surface area contributed by atoms with Gasteiger partial charge in [-0.1, -0.05) is 21.1 Å². The fraction of sp³-hybridized carbons (Fsp3) is 0.0476. The average Bonchev–Trinajstić information content (AvgIpc) is 2.76. The lowest BCUT2D eigenvalue weighted by Gasteiger charge is -2.12. The van der Waals surface area contributed by atoms with E-state index in [1.165, 1.54) is 18.2 Å². The van der Waals surface area contributed by atoms with Gasteiger partial charge in [0.1, 0.15) is 0 Å². The fourth-order valence-corrected chi connectivity index (χ4v) is 2.86. The van der Waals surface area contributed by atoms with Crippen LogP contribution in [-0.2, 0) is 6.18 Å². The molecule has 0 saturated carbocycles. The highest BCUT2D eigenvalue weighted by Gasteiger charge is 2.30. The molecule has 3 aromatic rings. The van der Waals surface area contributed by atoms with Crippen LogP contribution in [0.5, 0.6) is 11.5 Å². The van der Waals surface area contributed by atoms with Crippen LogP contribution < -0.4 is 15.5 Å². The number of rotatable bonds is 6. The van der Waals surface area contributed by atoms with Crippen LogP contribution in [0.15, 0.2) is 76.4 Å². The summed E-state index contributed by atoms with van der Waals surface area (Å²) in [7, 11) is 0. The molecular formula is C21H14BrF3N2O4. The van der Waals surface area contributed by atoms with Crippen molar-refractivity contribution in [3.8, 4) is 11.5 Å². The first-order valence-corrected chi connectivity index (χ1v) is 9.42. The number of alkyl halides is 3. The van der Waals surface area contributed by atoms with Gasteiger partial charge in [0.2, 0.25) is 0 Å². The first kappa shape index (κ1) is 22.2.